The molecule has 0 saturated carbocycles. The molecule has 1 amide bonds. The second-order valence-electron chi connectivity index (χ2n) is 3.67. The van der Waals surface area contributed by atoms with E-state index in [1.165, 1.54) is 12.1 Å². The summed E-state index contributed by atoms with van der Waals surface area (Å²) in [5.74, 6) is -0.284. The van der Waals surface area contributed by atoms with Crippen LogP contribution >= 0.6 is 24.0 Å². The quantitative estimate of drug-likeness (QED) is 0.302. The molecule has 1 fully saturated rings. The van der Waals surface area contributed by atoms with E-state index in [9.17, 15) is 14.9 Å². The van der Waals surface area contributed by atoms with Crippen LogP contribution in [0.2, 0.25) is 0 Å². The van der Waals surface area contributed by atoms with Crippen molar-refractivity contribution in [1.29, 1.82) is 0 Å². The summed E-state index contributed by atoms with van der Waals surface area (Å²) in [5, 5.41) is 19.9. The summed E-state index contributed by atoms with van der Waals surface area (Å²) < 4.78 is 4.90. The fourth-order valence-electron chi connectivity index (χ4n) is 1.79. The van der Waals surface area contributed by atoms with Crippen molar-refractivity contribution in [2.75, 3.05) is 0 Å². The second-order valence-corrected chi connectivity index (χ2v) is 5.45. The molecule has 8 nitrogen and oxygen atoms in total. The predicted octanol–water partition coefficient (Wildman–Crippen LogP) is -1.68. The van der Waals surface area contributed by atoms with E-state index in [4.69, 9.17) is 12.2 Å². The number of benzene rings is 1. The predicted molar refractivity (Wildman–Crippen MR) is 69.5 cm³/mol. The Bertz CT molecular complexity index is 734. The van der Waals surface area contributed by atoms with E-state index in [-0.39, 0.29) is 52.2 Å². The first kappa shape index (κ1) is 15.3. The van der Waals surface area contributed by atoms with Gasteiger partial charge in [-0.1, -0.05) is 24.0 Å². The molecule has 1 aliphatic rings. The zero-order valence-corrected chi connectivity index (χ0v) is 13.7. The fraction of sp³-hybridized carbons (Fsp3) is 0.111. The molecule has 3 rings (SSSR count). The van der Waals surface area contributed by atoms with Gasteiger partial charge in [-0.15, -0.1) is 0 Å². The van der Waals surface area contributed by atoms with Gasteiger partial charge in [-0.25, -0.2) is 4.63 Å². The summed E-state index contributed by atoms with van der Waals surface area (Å²) in [4.78, 5) is 22.0. The molecule has 0 spiro atoms. The first-order valence-corrected chi connectivity index (χ1v) is 6.28. The maximum atomic E-state index is 11.7. The van der Waals surface area contributed by atoms with Crippen molar-refractivity contribution in [3.63, 3.8) is 0 Å². The summed E-state index contributed by atoms with van der Waals surface area (Å²) >= 11 is 6.06. The molecule has 1 aromatic carbocycles. The molecule has 1 saturated heterocycles. The van der Waals surface area contributed by atoms with Gasteiger partial charge in [0.25, 0.3) is 0 Å². The normalized spacial score (nSPS) is 17.9. The van der Waals surface area contributed by atoms with Gasteiger partial charge < -0.3 is 5.32 Å². The van der Waals surface area contributed by atoms with Crippen molar-refractivity contribution in [2.45, 2.75) is 5.25 Å². The van der Waals surface area contributed by atoms with Crippen LogP contribution < -0.4 is 34.9 Å². The Morgan fingerprint density at radius 2 is 2.10 bits per heavy atom. The van der Waals surface area contributed by atoms with Crippen LogP contribution in [0, 0.1) is 10.1 Å². The minimum atomic E-state index is -0.595. The summed E-state index contributed by atoms with van der Waals surface area (Å²) in [6.07, 6.45) is 0. The Hall–Kier alpha value is -1.07. The van der Waals surface area contributed by atoms with Crippen molar-refractivity contribution in [3.05, 3.63) is 27.8 Å². The third kappa shape index (κ3) is 2.44. The standard InChI is InChI=1S/C9H4N4O4S2.Na/c14-8-7(19-9(18)10-8)3-1-2-4(13(15)16)6-5(3)11-17-12-6;/h1-2,7H,(H,10,14,18);/q;+1. The van der Waals surface area contributed by atoms with Crippen LogP contribution in [0.5, 0.6) is 0 Å². The molecule has 1 N–H and O–H groups in total. The number of carbonyl (C=O) groups is 1. The zero-order chi connectivity index (χ0) is 13.6. The van der Waals surface area contributed by atoms with Crippen molar-refractivity contribution in [3.8, 4) is 0 Å². The topological polar surface area (TPSA) is 111 Å². The number of aromatic nitrogens is 2. The van der Waals surface area contributed by atoms with Crippen molar-refractivity contribution < 1.29 is 43.9 Å². The third-order valence-corrected chi connectivity index (χ3v) is 4.00. The van der Waals surface area contributed by atoms with Crippen molar-refractivity contribution in [1.82, 2.24) is 15.6 Å². The van der Waals surface area contributed by atoms with Crippen LogP contribution in [0.15, 0.2) is 16.8 Å². The van der Waals surface area contributed by atoms with Crippen molar-refractivity contribution in [2.24, 2.45) is 0 Å². The van der Waals surface area contributed by atoms with Gasteiger partial charge in [0.1, 0.15) is 15.1 Å². The minimum absolute atomic E-state index is 0. The van der Waals surface area contributed by atoms with E-state index < -0.39 is 10.2 Å². The minimum Gasteiger partial charge on any atom is -0.310 e. The second kappa shape index (κ2) is 5.74. The Kier molecular flexibility index (Phi) is 4.39. The van der Waals surface area contributed by atoms with Gasteiger partial charge in [-0.3, -0.25) is 14.9 Å². The molecule has 1 aromatic heterocycles. The molecule has 20 heavy (non-hydrogen) atoms. The van der Waals surface area contributed by atoms with E-state index in [0.717, 1.165) is 11.8 Å². The maximum Gasteiger partial charge on any atom is 1.00 e. The monoisotopic (exact) mass is 319 g/mol. The molecule has 96 valence electrons. The van der Waals surface area contributed by atoms with E-state index in [2.05, 4.69) is 20.3 Å². The van der Waals surface area contributed by atoms with Crippen LogP contribution in [0.1, 0.15) is 10.8 Å². The SMILES string of the molecule is O=C1NC(=S)SC1c1ccc([N+](=O)[O-])c2nonc12.[Na+]. The summed E-state index contributed by atoms with van der Waals surface area (Å²) in [6, 6.07) is 2.74. The van der Waals surface area contributed by atoms with Crippen molar-refractivity contribution >= 4 is 50.9 Å². The van der Waals surface area contributed by atoms with Gasteiger partial charge in [0, 0.05) is 11.6 Å². The number of nitrogens with one attached hydrogen (secondary N) is 1. The number of nitrogens with zero attached hydrogens (tertiary/aromatic N) is 3. The van der Waals surface area contributed by atoms with Gasteiger partial charge in [0.05, 0.1) is 4.92 Å². The number of carbonyl (C=O) groups excluding carboxylic acids is 1. The molecular formula is C9H4N4NaO4S2+. The average Bonchev–Trinajstić information content (AvgIpc) is 2.94. The third-order valence-electron chi connectivity index (χ3n) is 2.59. The van der Waals surface area contributed by atoms with E-state index >= 15 is 0 Å². The van der Waals surface area contributed by atoms with Gasteiger partial charge in [-0.2, -0.15) is 0 Å². The summed E-state index contributed by atoms with van der Waals surface area (Å²) in [5.41, 5.74) is 0.496. The van der Waals surface area contributed by atoms with E-state index in [1.54, 1.807) is 0 Å². The smallest absolute Gasteiger partial charge is 0.310 e. The Morgan fingerprint density at radius 1 is 1.40 bits per heavy atom. The largest absolute Gasteiger partial charge is 1.00 e. The van der Waals surface area contributed by atoms with E-state index in [0.29, 0.717) is 9.88 Å². The Morgan fingerprint density at radius 3 is 2.70 bits per heavy atom. The number of thiocarbonyl (C=S) groups is 1. The van der Waals surface area contributed by atoms with Crippen LogP contribution in [0.25, 0.3) is 11.0 Å². The number of hydrogen-bond acceptors (Lipinski definition) is 8. The Balaban J connectivity index is 0.00000147. The summed E-state index contributed by atoms with van der Waals surface area (Å²) in [6.45, 7) is 0. The molecule has 1 aliphatic heterocycles. The number of nitro groups is 1. The van der Waals surface area contributed by atoms with Gasteiger partial charge in [0.2, 0.25) is 11.4 Å². The Labute approximate surface area is 143 Å². The first-order chi connectivity index (χ1) is 9.08. The number of fused-ring (bicyclic) bond motifs is 1. The van der Waals surface area contributed by atoms with Gasteiger partial charge in [-0.05, 0) is 16.4 Å². The summed E-state index contributed by atoms with van der Waals surface area (Å²) in [7, 11) is 0. The molecule has 2 heterocycles. The molecule has 0 bridgehead atoms. The number of nitro benzene ring substituents is 1. The number of hydrogen-bond donors (Lipinski definition) is 1. The van der Waals surface area contributed by atoms with Gasteiger partial charge in [0.15, 0.2) is 0 Å². The molecule has 0 aliphatic carbocycles. The van der Waals surface area contributed by atoms with Crippen LogP contribution in [0.4, 0.5) is 5.69 Å². The van der Waals surface area contributed by atoms with E-state index in [1.807, 2.05) is 0 Å². The van der Waals surface area contributed by atoms with Crippen LogP contribution in [-0.4, -0.2) is 25.5 Å². The molecule has 11 heteroatoms. The molecule has 1 unspecified atom stereocenters. The average molecular weight is 319 g/mol. The number of thioether (sulfide) groups is 1. The first-order valence-electron chi connectivity index (χ1n) is 4.99. The maximum absolute atomic E-state index is 11.7. The van der Waals surface area contributed by atoms with Crippen LogP contribution in [0.3, 0.4) is 0 Å². The number of non-ortho nitro benzene ring substituents is 1. The number of rotatable bonds is 2. The van der Waals surface area contributed by atoms with Crippen LogP contribution in [-0.2, 0) is 4.79 Å². The molecular weight excluding hydrogens is 315 g/mol. The fourth-order valence-corrected chi connectivity index (χ4v) is 3.04. The molecule has 0 radical (unpaired) electrons. The van der Waals surface area contributed by atoms with Gasteiger partial charge >= 0.3 is 35.2 Å². The molecule has 1 atom stereocenters. The molecule has 2 aromatic rings. The number of amides is 1. The zero-order valence-electron chi connectivity index (χ0n) is 10.0.